The second kappa shape index (κ2) is 8.53. The van der Waals surface area contributed by atoms with Gasteiger partial charge < -0.3 is 14.8 Å². The molecule has 1 aromatic rings. The monoisotopic (exact) mass is 400 g/mol. The maximum absolute atomic E-state index is 13.6. The molecule has 2 aliphatic heterocycles. The SMILES string of the molecule is COc1ccc(F)cc1S(=O)(=O)N1CCC(C(=O)NCC2CCCO2)CC1. The Balaban J connectivity index is 1.59. The van der Waals surface area contributed by atoms with E-state index in [0.717, 1.165) is 31.6 Å². The van der Waals surface area contributed by atoms with E-state index in [4.69, 9.17) is 9.47 Å². The van der Waals surface area contributed by atoms with E-state index in [1.165, 1.54) is 17.5 Å². The van der Waals surface area contributed by atoms with E-state index >= 15 is 0 Å². The Labute approximate surface area is 158 Å². The number of rotatable bonds is 6. The molecule has 150 valence electrons. The quantitative estimate of drug-likeness (QED) is 0.783. The molecule has 0 radical (unpaired) electrons. The van der Waals surface area contributed by atoms with Crippen molar-refractivity contribution in [3.05, 3.63) is 24.0 Å². The lowest BCUT2D eigenvalue weighted by atomic mass is 9.97. The standard InChI is InChI=1S/C18H25FN2O5S/c1-25-16-5-4-14(19)11-17(16)27(23,24)21-8-6-13(7-9-21)18(22)20-12-15-3-2-10-26-15/h4-5,11,13,15H,2-3,6-10,12H2,1H3,(H,20,22). The van der Waals surface area contributed by atoms with Crippen LogP contribution in [0.15, 0.2) is 23.1 Å². The maximum Gasteiger partial charge on any atom is 0.246 e. The number of nitrogens with one attached hydrogen (secondary N) is 1. The number of ether oxygens (including phenoxy) is 2. The minimum Gasteiger partial charge on any atom is -0.495 e. The summed E-state index contributed by atoms with van der Waals surface area (Å²) in [6.45, 7) is 1.65. The van der Waals surface area contributed by atoms with Crippen LogP contribution in [-0.2, 0) is 19.6 Å². The van der Waals surface area contributed by atoms with E-state index in [1.54, 1.807) is 0 Å². The first-order valence-corrected chi connectivity index (χ1v) is 10.6. The van der Waals surface area contributed by atoms with Gasteiger partial charge in [-0.3, -0.25) is 4.79 Å². The van der Waals surface area contributed by atoms with E-state index in [-0.39, 0.29) is 41.7 Å². The van der Waals surface area contributed by atoms with Gasteiger partial charge >= 0.3 is 0 Å². The van der Waals surface area contributed by atoms with Gasteiger partial charge in [-0.05, 0) is 43.9 Å². The van der Waals surface area contributed by atoms with Gasteiger partial charge in [-0.25, -0.2) is 12.8 Å². The first-order chi connectivity index (χ1) is 12.9. The zero-order valence-electron chi connectivity index (χ0n) is 15.3. The van der Waals surface area contributed by atoms with Crippen molar-refractivity contribution in [3.8, 4) is 5.75 Å². The number of carbonyl (C=O) groups excluding carboxylic acids is 1. The van der Waals surface area contributed by atoms with E-state index in [1.807, 2.05) is 0 Å². The number of methoxy groups -OCH3 is 1. The third kappa shape index (κ3) is 4.59. The molecule has 2 aliphatic rings. The molecule has 1 atom stereocenters. The molecule has 27 heavy (non-hydrogen) atoms. The number of piperidine rings is 1. The van der Waals surface area contributed by atoms with Gasteiger partial charge in [0.05, 0.1) is 13.2 Å². The Kier molecular flexibility index (Phi) is 6.33. The number of carbonyl (C=O) groups is 1. The highest BCUT2D eigenvalue weighted by molar-refractivity contribution is 7.89. The van der Waals surface area contributed by atoms with Crippen LogP contribution >= 0.6 is 0 Å². The van der Waals surface area contributed by atoms with Crippen molar-refractivity contribution in [3.63, 3.8) is 0 Å². The molecule has 2 saturated heterocycles. The Hall–Kier alpha value is -1.71. The number of nitrogens with zero attached hydrogens (tertiary/aromatic N) is 1. The van der Waals surface area contributed by atoms with Gasteiger partial charge in [0.25, 0.3) is 0 Å². The van der Waals surface area contributed by atoms with Crippen LogP contribution in [0.3, 0.4) is 0 Å². The van der Waals surface area contributed by atoms with Crippen molar-refractivity contribution in [1.82, 2.24) is 9.62 Å². The second-order valence-electron chi connectivity index (χ2n) is 6.85. The van der Waals surface area contributed by atoms with Gasteiger partial charge in [-0.2, -0.15) is 4.31 Å². The molecular formula is C18H25FN2O5S. The lowest BCUT2D eigenvalue weighted by Gasteiger charge is -2.31. The average molecular weight is 400 g/mol. The largest absolute Gasteiger partial charge is 0.495 e. The van der Waals surface area contributed by atoms with Gasteiger partial charge in [0.15, 0.2) is 0 Å². The number of amides is 1. The summed E-state index contributed by atoms with van der Waals surface area (Å²) in [5, 5.41) is 2.90. The van der Waals surface area contributed by atoms with Crippen LogP contribution in [0.2, 0.25) is 0 Å². The molecule has 0 spiro atoms. The predicted molar refractivity (Wildman–Crippen MR) is 96.4 cm³/mol. The highest BCUT2D eigenvalue weighted by Crippen LogP contribution is 2.30. The molecule has 1 N–H and O–H groups in total. The van der Waals surface area contributed by atoms with Crippen molar-refractivity contribution < 1.29 is 27.1 Å². The topological polar surface area (TPSA) is 84.9 Å². The lowest BCUT2D eigenvalue weighted by molar-refractivity contribution is -0.126. The molecule has 0 aliphatic carbocycles. The summed E-state index contributed by atoms with van der Waals surface area (Å²) in [6.07, 6.45) is 2.89. The fourth-order valence-electron chi connectivity index (χ4n) is 3.51. The number of hydrogen-bond donors (Lipinski definition) is 1. The van der Waals surface area contributed by atoms with Gasteiger partial charge in [-0.1, -0.05) is 0 Å². The minimum atomic E-state index is -3.89. The Morgan fingerprint density at radius 3 is 2.70 bits per heavy atom. The number of sulfonamides is 1. The molecule has 9 heteroatoms. The van der Waals surface area contributed by atoms with Crippen molar-refractivity contribution in [2.24, 2.45) is 5.92 Å². The number of benzene rings is 1. The van der Waals surface area contributed by atoms with E-state index < -0.39 is 15.8 Å². The third-order valence-corrected chi connectivity index (χ3v) is 7.02. The predicted octanol–water partition coefficient (Wildman–Crippen LogP) is 1.53. The number of halogens is 1. The molecule has 0 aromatic heterocycles. The molecule has 3 rings (SSSR count). The Bertz CT molecular complexity index is 772. The van der Waals surface area contributed by atoms with Crippen molar-refractivity contribution in [1.29, 1.82) is 0 Å². The average Bonchev–Trinajstić information content (AvgIpc) is 3.20. The summed E-state index contributed by atoms with van der Waals surface area (Å²) in [6, 6.07) is 3.42. The van der Waals surface area contributed by atoms with Gasteiger partial charge in [-0.15, -0.1) is 0 Å². The van der Waals surface area contributed by atoms with Crippen LogP contribution in [0, 0.1) is 11.7 Å². The smallest absolute Gasteiger partial charge is 0.246 e. The highest BCUT2D eigenvalue weighted by atomic mass is 32.2. The summed E-state index contributed by atoms with van der Waals surface area (Å²) in [5.41, 5.74) is 0. The zero-order valence-corrected chi connectivity index (χ0v) is 16.1. The third-order valence-electron chi connectivity index (χ3n) is 5.10. The number of hydrogen-bond acceptors (Lipinski definition) is 5. The Morgan fingerprint density at radius 2 is 2.07 bits per heavy atom. The van der Waals surface area contributed by atoms with Crippen molar-refractivity contribution in [2.75, 3.05) is 33.4 Å². The minimum absolute atomic E-state index is 0.0640. The highest BCUT2D eigenvalue weighted by Gasteiger charge is 2.34. The summed E-state index contributed by atoms with van der Waals surface area (Å²) in [7, 11) is -2.54. The zero-order chi connectivity index (χ0) is 19.4. The maximum atomic E-state index is 13.6. The summed E-state index contributed by atoms with van der Waals surface area (Å²) in [4.78, 5) is 12.1. The fraction of sp³-hybridized carbons (Fsp3) is 0.611. The van der Waals surface area contributed by atoms with Crippen molar-refractivity contribution in [2.45, 2.75) is 36.7 Å². The fourth-order valence-corrected chi connectivity index (χ4v) is 5.15. The van der Waals surface area contributed by atoms with Gasteiger partial charge in [0.2, 0.25) is 15.9 Å². The van der Waals surface area contributed by atoms with Gasteiger partial charge in [0.1, 0.15) is 16.5 Å². The van der Waals surface area contributed by atoms with Crippen LogP contribution in [0.5, 0.6) is 5.75 Å². The molecular weight excluding hydrogens is 375 g/mol. The molecule has 2 fully saturated rings. The van der Waals surface area contributed by atoms with Crippen LogP contribution in [0.1, 0.15) is 25.7 Å². The van der Waals surface area contributed by atoms with E-state index in [0.29, 0.717) is 19.4 Å². The lowest BCUT2D eigenvalue weighted by Crippen LogP contribution is -2.44. The second-order valence-corrected chi connectivity index (χ2v) is 8.76. The Morgan fingerprint density at radius 1 is 1.33 bits per heavy atom. The normalized spacial score (nSPS) is 21.9. The first-order valence-electron chi connectivity index (χ1n) is 9.15. The first kappa shape index (κ1) is 20.0. The van der Waals surface area contributed by atoms with Gasteiger partial charge in [0, 0.05) is 32.2 Å². The molecule has 1 unspecified atom stereocenters. The molecule has 1 aromatic carbocycles. The van der Waals surface area contributed by atoms with Crippen LogP contribution in [-0.4, -0.2) is 58.1 Å². The molecule has 2 heterocycles. The van der Waals surface area contributed by atoms with E-state index in [2.05, 4.69) is 5.32 Å². The van der Waals surface area contributed by atoms with Crippen LogP contribution in [0.4, 0.5) is 4.39 Å². The summed E-state index contributed by atoms with van der Waals surface area (Å²) >= 11 is 0. The molecule has 0 bridgehead atoms. The summed E-state index contributed by atoms with van der Waals surface area (Å²) in [5.74, 6) is -0.830. The summed E-state index contributed by atoms with van der Waals surface area (Å²) < 4.78 is 51.1. The molecule has 7 nitrogen and oxygen atoms in total. The van der Waals surface area contributed by atoms with Crippen molar-refractivity contribution >= 4 is 15.9 Å². The van der Waals surface area contributed by atoms with Crippen LogP contribution in [0.25, 0.3) is 0 Å². The van der Waals surface area contributed by atoms with E-state index in [9.17, 15) is 17.6 Å². The molecule has 0 saturated carbocycles. The van der Waals surface area contributed by atoms with Crippen LogP contribution < -0.4 is 10.1 Å². The molecule has 1 amide bonds.